The molecule has 0 aromatic rings. The molecule has 4 heteroatoms. The quantitative estimate of drug-likeness (QED) is 0.644. The van der Waals surface area contributed by atoms with Gasteiger partial charge in [-0.15, -0.1) is 0 Å². The van der Waals surface area contributed by atoms with Crippen LogP contribution in [0.2, 0.25) is 0 Å². The molecule has 4 nitrogen and oxygen atoms in total. The minimum absolute atomic E-state index is 0.00519. The zero-order valence-electron chi connectivity index (χ0n) is 8.70. The number of primary amides is 1. The number of rotatable bonds is 3. The summed E-state index contributed by atoms with van der Waals surface area (Å²) in [5, 5.41) is 3.36. The first kappa shape index (κ1) is 9.93. The Labute approximate surface area is 84.8 Å². The lowest BCUT2D eigenvalue weighted by atomic mass is 9.92. The summed E-state index contributed by atoms with van der Waals surface area (Å²) in [6.07, 6.45) is 2.17. The van der Waals surface area contributed by atoms with E-state index in [9.17, 15) is 4.79 Å². The van der Waals surface area contributed by atoms with Crippen LogP contribution in [-0.4, -0.2) is 42.5 Å². The second kappa shape index (κ2) is 3.87. The van der Waals surface area contributed by atoms with Gasteiger partial charge in [0.25, 0.3) is 0 Å². The Morgan fingerprint density at radius 2 is 2.36 bits per heavy atom. The van der Waals surface area contributed by atoms with E-state index in [-0.39, 0.29) is 11.9 Å². The number of amides is 1. The number of nitrogens with zero attached hydrogens (tertiary/aromatic N) is 1. The van der Waals surface area contributed by atoms with Gasteiger partial charge in [-0.05, 0) is 38.8 Å². The zero-order valence-corrected chi connectivity index (χ0v) is 8.70. The SMILES string of the molecule is CC(C1CCNC1)N1CCC1C(N)=O. The van der Waals surface area contributed by atoms with E-state index in [1.807, 2.05) is 0 Å². The molecule has 2 aliphatic rings. The van der Waals surface area contributed by atoms with Gasteiger partial charge in [0, 0.05) is 12.6 Å². The maximum absolute atomic E-state index is 11.1. The first-order valence-electron chi connectivity index (χ1n) is 5.46. The molecule has 2 saturated heterocycles. The Morgan fingerprint density at radius 1 is 1.57 bits per heavy atom. The number of likely N-dealkylation sites (tertiary alicyclic amines) is 1. The van der Waals surface area contributed by atoms with Crippen LogP contribution < -0.4 is 11.1 Å². The highest BCUT2D eigenvalue weighted by molar-refractivity contribution is 5.80. The van der Waals surface area contributed by atoms with Gasteiger partial charge in [-0.3, -0.25) is 9.69 Å². The molecule has 3 unspecified atom stereocenters. The largest absolute Gasteiger partial charge is 0.368 e. The lowest BCUT2D eigenvalue weighted by Crippen LogP contribution is -2.59. The van der Waals surface area contributed by atoms with Crippen molar-refractivity contribution in [2.75, 3.05) is 19.6 Å². The number of carbonyl (C=O) groups excluding carboxylic acids is 1. The second-order valence-corrected chi connectivity index (χ2v) is 4.44. The highest BCUT2D eigenvalue weighted by Gasteiger charge is 2.38. The minimum atomic E-state index is -0.158. The highest BCUT2D eigenvalue weighted by atomic mass is 16.1. The third-order valence-corrected chi connectivity index (χ3v) is 3.69. The van der Waals surface area contributed by atoms with Crippen LogP contribution in [0.25, 0.3) is 0 Å². The van der Waals surface area contributed by atoms with Crippen LogP contribution in [0.5, 0.6) is 0 Å². The summed E-state index contributed by atoms with van der Waals surface area (Å²) in [4.78, 5) is 13.3. The summed E-state index contributed by atoms with van der Waals surface area (Å²) in [6.45, 7) is 5.45. The summed E-state index contributed by atoms with van der Waals surface area (Å²) >= 11 is 0. The molecule has 0 aliphatic carbocycles. The van der Waals surface area contributed by atoms with E-state index in [4.69, 9.17) is 5.73 Å². The average molecular weight is 197 g/mol. The molecule has 0 saturated carbocycles. The van der Waals surface area contributed by atoms with Crippen molar-refractivity contribution in [1.82, 2.24) is 10.2 Å². The summed E-state index contributed by atoms with van der Waals surface area (Å²) in [5.74, 6) is 0.534. The van der Waals surface area contributed by atoms with Gasteiger partial charge in [-0.1, -0.05) is 0 Å². The van der Waals surface area contributed by atoms with Crippen molar-refractivity contribution in [3.63, 3.8) is 0 Å². The fourth-order valence-corrected chi connectivity index (χ4v) is 2.56. The predicted molar refractivity (Wildman–Crippen MR) is 54.7 cm³/mol. The third-order valence-electron chi connectivity index (χ3n) is 3.69. The summed E-state index contributed by atoms with van der Waals surface area (Å²) in [7, 11) is 0. The average Bonchev–Trinajstić information content (AvgIpc) is 2.51. The minimum Gasteiger partial charge on any atom is -0.368 e. The lowest BCUT2D eigenvalue weighted by Gasteiger charge is -2.45. The lowest BCUT2D eigenvalue weighted by molar-refractivity contribution is -0.129. The van der Waals surface area contributed by atoms with Crippen LogP contribution in [0.15, 0.2) is 0 Å². The predicted octanol–water partition coefficient (Wildman–Crippen LogP) is -0.456. The fourth-order valence-electron chi connectivity index (χ4n) is 2.56. The van der Waals surface area contributed by atoms with Gasteiger partial charge in [0.05, 0.1) is 6.04 Å². The topological polar surface area (TPSA) is 58.4 Å². The number of nitrogens with one attached hydrogen (secondary N) is 1. The molecule has 3 atom stereocenters. The molecule has 0 bridgehead atoms. The molecule has 2 rings (SSSR count). The Bertz CT molecular complexity index is 225. The van der Waals surface area contributed by atoms with E-state index in [1.54, 1.807) is 0 Å². The molecule has 0 aromatic heterocycles. The van der Waals surface area contributed by atoms with Crippen molar-refractivity contribution in [3.05, 3.63) is 0 Å². The van der Waals surface area contributed by atoms with E-state index < -0.39 is 0 Å². The second-order valence-electron chi connectivity index (χ2n) is 4.44. The van der Waals surface area contributed by atoms with Gasteiger partial charge in [0.15, 0.2) is 0 Å². The third kappa shape index (κ3) is 1.64. The molecule has 14 heavy (non-hydrogen) atoms. The normalized spacial score (nSPS) is 35.2. The Kier molecular flexibility index (Phi) is 2.74. The van der Waals surface area contributed by atoms with Crippen LogP contribution >= 0.6 is 0 Å². The van der Waals surface area contributed by atoms with E-state index in [2.05, 4.69) is 17.1 Å². The van der Waals surface area contributed by atoms with E-state index in [0.29, 0.717) is 12.0 Å². The van der Waals surface area contributed by atoms with Crippen molar-refractivity contribution in [3.8, 4) is 0 Å². The highest BCUT2D eigenvalue weighted by Crippen LogP contribution is 2.26. The van der Waals surface area contributed by atoms with Gasteiger partial charge in [0.1, 0.15) is 0 Å². The van der Waals surface area contributed by atoms with E-state index >= 15 is 0 Å². The van der Waals surface area contributed by atoms with Gasteiger partial charge >= 0.3 is 0 Å². The van der Waals surface area contributed by atoms with E-state index in [1.165, 1.54) is 6.42 Å². The van der Waals surface area contributed by atoms with Crippen molar-refractivity contribution in [2.45, 2.75) is 31.8 Å². The van der Waals surface area contributed by atoms with Crippen LogP contribution in [-0.2, 0) is 4.79 Å². The summed E-state index contributed by atoms with van der Waals surface area (Å²) in [6, 6.07) is 0.502. The number of hydrogen-bond donors (Lipinski definition) is 2. The van der Waals surface area contributed by atoms with Gasteiger partial charge in [-0.25, -0.2) is 0 Å². The molecule has 80 valence electrons. The molecular weight excluding hydrogens is 178 g/mol. The van der Waals surface area contributed by atoms with Crippen molar-refractivity contribution in [1.29, 1.82) is 0 Å². The van der Waals surface area contributed by atoms with Crippen molar-refractivity contribution >= 4 is 5.91 Å². The van der Waals surface area contributed by atoms with Crippen LogP contribution in [0.3, 0.4) is 0 Å². The van der Waals surface area contributed by atoms with Gasteiger partial charge < -0.3 is 11.1 Å². The van der Waals surface area contributed by atoms with Crippen molar-refractivity contribution in [2.24, 2.45) is 11.7 Å². The molecular formula is C10H19N3O. The van der Waals surface area contributed by atoms with Crippen molar-refractivity contribution < 1.29 is 4.79 Å². The number of carbonyl (C=O) groups is 1. The molecule has 0 spiro atoms. The molecule has 2 heterocycles. The van der Waals surface area contributed by atoms with E-state index in [0.717, 1.165) is 26.1 Å². The Hall–Kier alpha value is -0.610. The Morgan fingerprint density at radius 3 is 2.79 bits per heavy atom. The van der Waals surface area contributed by atoms with Gasteiger partial charge in [-0.2, -0.15) is 0 Å². The van der Waals surface area contributed by atoms with Gasteiger partial charge in [0.2, 0.25) is 5.91 Å². The number of nitrogens with two attached hydrogens (primary N) is 1. The maximum atomic E-state index is 11.1. The standard InChI is InChI=1S/C10H19N3O/c1-7(8-2-4-12-6-8)13-5-3-9(13)10(11)14/h7-9,12H,2-6H2,1H3,(H2,11,14). The molecule has 2 aliphatic heterocycles. The first-order chi connectivity index (χ1) is 6.70. The first-order valence-corrected chi connectivity index (χ1v) is 5.46. The van der Waals surface area contributed by atoms with Crippen LogP contribution in [0.4, 0.5) is 0 Å². The summed E-state index contributed by atoms with van der Waals surface area (Å²) in [5.41, 5.74) is 5.33. The number of hydrogen-bond acceptors (Lipinski definition) is 3. The summed E-state index contributed by atoms with van der Waals surface area (Å²) < 4.78 is 0. The maximum Gasteiger partial charge on any atom is 0.234 e. The molecule has 2 fully saturated rings. The molecule has 1 amide bonds. The van der Waals surface area contributed by atoms with Crippen LogP contribution in [0.1, 0.15) is 19.8 Å². The fraction of sp³-hybridized carbons (Fsp3) is 0.900. The van der Waals surface area contributed by atoms with Crippen LogP contribution in [0, 0.1) is 5.92 Å². The zero-order chi connectivity index (χ0) is 10.1. The smallest absolute Gasteiger partial charge is 0.234 e. The monoisotopic (exact) mass is 197 g/mol. The molecule has 0 radical (unpaired) electrons. The molecule has 3 N–H and O–H groups in total. The Balaban J connectivity index is 1.91. The molecule has 0 aromatic carbocycles.